The number of benzene rings is 2. The molecule has 73 valence electrons. The molecule has 2 aromatic rings. The Bertz CT molecular complexity index is 529. The van der Waals surface area contributed by atoms with Crippen molar-refractivity contribution in [2.45, 2.75) is 13.0 Å². The number of hydrogen-bond acceptors (Lipinski definition) is 0. The van der Waals surface area contributed by atoms with Crippen molar-refractivity contribution in [1.82, 2.24) is 0 Å². The molecule has 1 radical (unpaired) electrons. The third-order valence-corrected chi connectivity index (χ3v) is 3.12. The summed E-state index contributed by atoms with van der Waals surface area (Å²) in [7, 11) is 0. The topological polar surface area (TPSA) is 19.9 Å². The SMILES string of the molecule is Cc1cccc2c1C([O])c1ccccc1-2. The van der Waals surface area contributed by atoms with Gasteiger partial charge in [0.2, 0.25) is 0 Å². The second kappa shape index (κ2) is 2.94. The van der Waals surface area contributed by atoms with Crippen LogP contribution in [0.3, 0.4) is 0 Å². The average Bonchev–Trinajstić information content (AvgIpc) is 2.55. The summed E-state index contributed by atoms with van der Waals surface area (Å²) in [5.41, 5.74) is 5.20. The molecule has 0 aromatic heterocycles. The second-order valence-electron chi connectivity index (χ2n) is 4.00. The van der Waals surface area contributed by atoms with E-state index >= 15 is 0 Å². The number of hydrogen-bond donors (Lipinski definition) is 0. The third-order valence-electron chi connectivity index (χ3n) is 3.12. The van der Waals surface area contributed by atoms with Gasteiger partial charge in [-0.1, -0.05) is 42.5 Å². The highest BCUT2D eigenvalue weighted by Crippen LogP contribution is 2.44. The molecule has 1 nitrogen and oxygen atoms in total. The molecule has 1 atom stereocenters. The zero-order chi connectivity index (χ0) is 10.4. The van der Waals surface area contributed by atoms with Crippen molar-refractivity contribution in [2.24, 2.45) is 0 Å². The van der Waals surface area contributed by atoms with Gasteiger partial charge in [0.15, 0.2) is 0 Å². The first-order valence-corrected chi connectivity index (χ1v) is 5.13. The van der Waals surface area contributed by atoms with Gasteiger partial charge >= 0.3 is 0 Å². The fourth-order valence-electron chi connectivity index (χ4n) is 2.39. The summed E-state index contributed by atoms with van der Waals surface area (Å²) in [6, 6.07) is 14.0. The van der Waals surface area contributed by atoms with Crippen molar-refractivity contribution in [3.8, 4) is 11.1 Å². The molecule has 0 aliphatic heterocycles. The maximum absolute atomic E-state index is 12.2. The predicted molar refractivity (Wildman–Crippen MR) is 59.1 cm³/mol. The molecule has 0 N–H and O–H groups in total. The third kappa shape index (κ3) is 1.07. The van der Waals surface area contributed by atoms with E-state index in [1.807, 2.05) is 49.4 Å². The predicted octanol–water partition coefficient (Wildman–Crippen LogP) is 3.50. The van der Waals surface area contributed by atoms with Crippen LogP contribution in [0.25, 0.3) is 11.1 Å². The first-order valence-electron chi connectivity index (χ1n) is 5.13. The van der Waals surface area contributed by atoms with E-state index in [4.69, 9.17) is 0 Å². The lowest BCUT2D eigenvalue weighted by Gasteiger charge is -2.05. The lowest BCUT2D eigenvalue weighted by Crippen LogP contribution is -1.94. The zero-order valence-corrected chi connectivity index (χ0v) is 8.53. The Kier molecular flexibility index (Phi) is 1.70. The summed E-state index contributed by atoms with van der Waals surface area (Å²) >= 11 is 0. The first kappa shape index (κ1) is 8.69. The van der Waals surface area contributed by atoms with Crippen molar-refractivity contribution < 1.29 is 5.11 Å². The molecule has 15 heavy (non-hydrogen) atoms. The highest BCUT2D eigenvalue weighted by Gasteiger charge is 2.28. The summed E-state index contributed by atoms with van der Waals surface area (Å²) < 4.78 is 0. The maximum Gasteiger partial charge on any atom is 0.145 e. The van der Waals surface area contributed by atoms with Crippen LogP contribution in [0, 0.1) is 6.92 Å². The average molecular weight is 195 g/mol. The molecule has 1 aliphatic carbocycles. The van der Waals surface area contributed by atoms with Crippen LogP contribution in [-0.4, -0.2) is 0 Å². The molecular formula is C14H11O. The van der Waals surface area contributed by atoms with E-state index in [1.54, 1.807) is 0 Å². The number of fused-ring (bicyclic) bond motifs is 3. The van der Waals surface area contributed by atoms with Crippen LogP contribution in [0.1, 0.15) is 22.8 Å². The molecular weight excluding hydrogens is 184 g/mol. The van der Waals surface area contributed by atoms with Gasteiger partial charge in [0.05, 0.1) is 0 Å². The molecule has 3 rings (SSSR count). The minimum Gasteiger partial charge on any atom is -0.223 e. The van der Waals surface area contributed by atoms with Gasteiger partial charge in [0.1, 0.15) is 6.10 Å². The van der Waals surface area contributed by atoms with Crippen LogP contribution in [0.4, 0.5) is 0 Å². The van der Waals surface area contributed by atoms with Crippen molar-refractivity contribution in [1.29, 1.82) is 0 Å². The van der Waals surface area contributed by atoms with Gasteiger partial charge in [-0.15, -0.1) is 0 Å². The molecule has 0 saturated heterocycles. The van der Waals surface area contributed by atoms with Gasteiger partial charge in [0.25, 0.3) is 0 Å². The summed E-state index contributed by atoms with van der Waals surface area (Å²) in [6.45, 7) is 2.01. The monoisotopic (exact) mass is 195 g/mol. The molecule has 0 fully saturated rings. The minimum atomic E-state index is -0.697. The largest absolute Gasteiger partial charge is 0.223 e. The van der Waals surface area contributed by atoms with Crippen LogP contribution >= 0.6 is 0 Å². The van der Waals surface area contributed by atoms with Crippen molar-refractivity contribution in [3.05, 3.63) is 59.2 Å². The fraction of sp³-hybridized carbons (Fsp3) is 0.143. The summed E-state index contributed by atoms with van der Waals surface area (Å²) in [5.74, 6) is 0. The van der Waals surface area contributed by atoms with Crippen LogP contribution in [0.15, 0.2) is 42.5 Å². The van der Waals surface area contributed by atoms with E-state index < -0.39 is 6.10 Å². The Balaban J connectivity index is 2.37. The van der Waals surface area contributed by atoms with E-state index in [2.05, 4.69) is 0 Å². The van der Waals surface area contributed by atoms with Crippen molar-refractivity contribution in [2.75, 3.05) is 0 Å². The summed E-state index contributed by atoms with van der Waals surface area (Å²) in [6.07, 6.45) is -0.697. The van der Waals surface area contributed by atoms with Crippen molar-refractivity contribution >= 4 is 0 Å². The molecule has 0 amide bonds. The Morgan fingerprint density at radius 2 is 1.67 bits per heavy atom. The smallest absolute Gasteiger partial charge is 0.145 e. The van der Waals surface area contributed by atoms with E-state index in [0.717, 1.165) is 27.8 Å². The molecule has 0 bridgehead atoms. The van der Waals surface area contributed by atoms with E-state index in [-0.39, 0.29) is 0 Å². The van der Waals surface area contributed by atoms with Gasteiger partial charge in [0, 0.05) is 0 Å². The van der Waals surface area contributed by atoms with Gasteiger partial charge in [-0.2, -0.15) is 0 Å². The Labute approximate surface area is 89.0 Å². The lowest BCUT2D eigenvalue weighted by molar-refractivity contribution is 0.128. The first-order chi connectivity index (χ1) is 7.29. The van der Waals surface area contributed by atoms with Gasteiger partial charge in [-0.3, -0.25) is 0 Å². The van der Waals surface area contributed by atoms with Gasteiger partial charge in [-0.25, -0.2) is 5.11 Å². The highest BCUT2D eigenvalue weighted by molar-refractivity contribution is 5.79. The molecule has 1 heteroatoms. The summed E-state index contributed by atoms with van der Waals surface area (Å²) in [4.78, 5) is 0. The molecule has 1 unspecified atom stereocenters. The number of rotatable bonds is 0. The fourth-order valence-corrected chi connectivity index (χ4v) is 2.39. The Morgan fingerprint density at radius 1 is 0.933 bits per heavy atom. The summed E-state index contributed by atoms with van der Waals surface area (Å²) in [5, 5.41) is 12.2. The lowest BCUT2D eigenvalue weighted by atomic mass is 10.0. The van der Waals surface area contributed by atoms with Crippen LogP contribution < -0.4 is 0 Å². The normalized spacial score (nSPS) is 17.3. The molecule has 2 aromatic carbocycles. The van der Waals surface area contributed by atoms with Crippen LogP contribution in [0.5, 0.6) is 0 Å². The zero-order valence-electron chi connectivity index (χ0n) is 8.53. The van der Waals surface area contributed by atoms with Crippen LogP contribution in [-0.2, 0) is 5.11 Å². The van der Waals surface area contributed by atoms with Gasteiger partial charge < -0.3 is 0 Å². The van der Waals surface area contributed by atoms with E-state index in [0.29, 0.717) is 0 Å². The number of aryl methyl sites for hydroxylation is 1. The Hall–Kier alpha value is -1.60. The quantitative estimate of drug-likeness (QED) is 0.613. The van der Waals surface area contributed by atoms with E-state index in [1.165, 1.54) is 0 Å². The van der Waals surface area contributed by atoms with Gasteiger partial charge in [-0.05, 0) is 34.7 Å². The molecule has 0 heterocycles. The molecule has 0 spiro atoms. The molecule has 0 saturated carbocycles. The standard InChI is InChI=1S/C14H11O/c1-9-5-4-8-11-10-6-2-3-7-12(10)14(15)13(9)11/h2-8,14H,1H3. The van der Waals surface area contributed by atoms with Crippen LogP contribution in [0.2, 0.25) is 0 Å². The van der Waals surface area contributed by atoms with E-state index in [9.17, 15) is 5.11 Å². The second-order valence-corrected chi connectivity index (χ2v) is 4.00. The maximum atomic E-state index is 12.2. The minimum absolute atomic E-state index is 0.697. The molecule has 1 aliphatic rings. The Morgan fingerprint density at radius 3 is 2.53 bits per heavy atom. The van der Waals surface area contributed by atoms with Crippen molar-refractivity contribution in [3.63, 3.8) is 0 Å². The highest BCUT2D eigenvalue weighted by atomic mass is 16.3.